The summed E-state index contributed by atoms with van der Waals surface area (Å²) in [5.74, 6) is 1.07. The Bertz CT molecular complexity index is 733. The number of benzene rings is 2. The number of hydrogen-bond donors (Lipinski definition) is 2. The van der Waals surface area contributed by atoms with Crippen molar-refractivity contribution in [3.8, 4) is 11.5 Å². The average Bonchev–Trinajstić information content (AvgIpc) is 2.63. The minimum Gasteiger partial charge on any atom is -0.493 e. The summed E-state index contributed by atoms with van der Waals surface area (Å²) in [7, 11) is 0. The fourth-order valence-corrected chi connectivity index (χ4v) is 2.49. The number of para-hydroxylation sites is 3. The average molecular weight is 340 g/mol. The summed E-state index contributed by atoms with van der Waals surface area (Å²) in [5, 5.41) is 5.59. The Balaban J connectivity index is 1.36. The number of rotatable bonds is 7. The summed E-state index contributed by atoms with van der Waals surface area (Å²) < 4.78 is 11.2. The highest BCUT2D eigenvalue weighted by atomic mass is 16.5. The molecule has 6 nitrogen and oxygen atoms in total. The predicted molar refractivity (Wildman–Crippen MR) is 93.7 cm³/mol. The first-order valence-corrected chi connectivity index (χ1v) is 8.23. The van der Waals surface area contributed by atoms with Crippen LogP contribution >= 0.6 is 0 Å². The van der Waals surface area contributed by atoms with Crippen molar-refractivity contribution < 1.29 is 19.1 Å². The van der Waals surface area contributed by atoms with Crippen LogP contribution in [0.1, 0.15) is 12.8 Å². The van der Waals surface area contributed by atoms with Crippen molar-refractivity contribution >= 4 is 17.5 Å². The van der Waals surface area contributed by atoms with Crippen molar-refractivity contribution in [1.29, 1.82) is 0 Å². The lowest BCUT2D eigenvalue weighted by Crippen LogP contribution is -2.39. The zero-order valence-corrected chi connectivity index (χ0v) is 13.7. The number of carbonyl (C=O) groups excluding carboxylic acids is 2. The fourth-order valence-electron chi connectivity index (χ4n) is 2.49. The summed E-state index contributed by atoms with van der Waals surface area (Å²) in [6.45, 7) is 0.675. The molecule has 2 amide bonds. The van der Waals surface area contributed by atoms with Crippen molar-refractivity contribution in [3.05, 3.63) is 54.6 Å². The zero-order valence-electron chi connectivity index (χ0n) is 13.7. The molecule has 0 aromatic heterocycles. The third-order valence-corrected chi connectivity index (χ3v) is 3.78. The molecule has 2 aromatic rings. The minimum absolute atomic E-state index is 0.118. The molecule has 25 heavy (non-hydrogen) atoms. The molecule has 0 aliphatic carbocycles. The summed E-state index contributed by atoms with van der Waals surface area (Å²) in [6, 6.07) is 16.6. The van der Waals surface area contributed by atoms with Crippen LogP contribution in [0.25, 0.3) is 0 Å². The Morgan fingerprint density at radius 3 is 2.72 bits per heavy atom. The van der Waals surface area contributed by atoms with Gasteiger partial charge in [-0.3, -0.25) is 9.59 Å². The van der Waals surface area contributed by atoms with Gasteiger partial charge in [0.25, 0.3) is 5.91 Å². The van der Waals surface area contributed by atoms with Gasteiger partial charge in [0, 0.05) is 13.0 Å². The molecule has 0 saturated heterocycles. The second-order valence-corrected chi connectivity index (χ2v) is 5.64. The van der Waals surface area contributed by atoms with Crippen LogP contribution in [0.3, 0.4) is 0 Å². The van der Waals surface area contributed by atoms with Crippen LogP contribution in [-0.2, 0) is 9.59 Å². The van der Waals surface area contributed by atoms with Gasteiger partial charge in [-0.05, 0) is 24.3 Å². The number of anilines is 1. The van der Waals surface area contributed by atoms with Crippen LogP contribution in [0.4, 0.5) is 5.69 Å². The maximum absolute atomic E-state index is 12.0. The second kappa shape index (κ2) is 8.19. The standard InChI is InChI=1S/C19H20N2O4/c22-18(11-13-24-14-6-2-1-3-7-14)20-12-10-17-19(23)21-15-8-4-5-9-16(15)25-17/h1-9,17H,10-13H2,(H,20,22)(H,21,23). The van der Waals surface area contributed by atoms with Gasteiger partial charge in [-0.1, -0.05) is 30.3 Å². The maximum Gasteiger partial charge on any atom is 0.265 e. The van der Waals surface area contributed by atoms with Crippen molar-refractivity contribution in [1.82, 2.24) is 5.32 Å². The van der Waals surface area contributed by atoms with Crippen LogP contribution in [-0.4, -0.2) is 31.1 Å². The molecule has 1 atom stereocenters. The molecule has 6 heteroatoms. The van der Waals surface area contributed by atoms with Crippen molar-refractivity contribution in [2.45, 2.75) is 18.9 Å². The van der Waals surface area contributed by atoms with Gasteiger partial charge in [0.2, 0.25) is 5.91 Å². The molecule has 2 aromatic carbocycles. The summed E-state index contributed by atoms with van der Waals surface area (Å²) in [5.41, 5.74) is 0.672. The van der Waals surface area contributed by atoms with Gasteiger partial charge in [-0.2, -0.15) is 0 Å². The number of amides is 2. The first-order valence-electron chi connectivity index (χ1n) is 8.23. The quantitative estimate of drug-likeness (QED) is 0.811. The number of fused-ring (bicyclic) bond motifs is 1. The number of nitrogens with one attached hydrogen (secondary N) is 2. The smallest absolute Gasteiger partial charge is 0.265 e. The molecular formula is C19H20N2O4. The highest BCUT2D eigenvalue weighted by Crippen LogP contribution is 2.29. The molecular weight excluding hydrogens is 320 g/mol. The highest BCUT2D eigenvalue weighted by Gasteiger charge is 2.26. The molecule has 0 spiro atoms. The Morgan fingerprint density at radius 2 is 1.88 bits per heavy atom. The number of carbonyl (C=O) groups is 2. The predicted octanol–water partition coefficient (Wildman–Crippen LogP) is 2.36. The van der Waals surface area contributed by atoms with Crippen LogP contribution < -0.4 is 20.1 Å². The Labute approximate surface area is 146 Å². The molecule has 130 valence electrons. The van der Waals surface area contributed by atoms with E-state index in [4.69, 9.17) is 9.47 Å². The van der Waals surface area contributed by atoms with E-state index in [0.29, 0.717) is 31.0 Å². The summed E-state index contributed by atoms with van der Waals surface area (Å²) in [6.07, 6.45) is 0.0664. The molecule has 0 fully saturated rings. The van der Waals surface area contributed by atoms with Crippen molar-refractivity contribution in [2.24, 2.45) is 0 Å². The molecule has 1 heterocycles. The van der Waals surface area contributed by atoms with Gasteiger partial charge in [-0.25, -0.2) is 0 Å². The first-order chi connectivity index (χ1) is 12.2. The van der Waals surface area contributed by atoms with E-state index < -0.39 is 6.10 Å². The summed E-state index contributed by atoms with van der Waals surface area (Å²) in [4.78, 5) is 23.8. The third-order valence-electron chi connectivity index (χ3n) is 3.78. The SMILES string of the molecule is O=C(CCOc1ccccc1)NCCC1Oc2ccccc2NC1=O. The molecule has 1 unspecified atom stereocenters. The van der Waals surface area contributed by atoms with E-state index in [9.17, 15) is 9.59 Å². The molecule has 0 bridgehead atoms. The Morgan fingerprint density at radius 1 is 1.12 bits per heavy atom. The monoisotopic (exact) mass is 340 g/mol. The van der Waals surface area contributed by atoms with E-state index >= 15 is 0 Å². The van der Waals surface area contributed by atoms with E-state index in [2.05, 4.69) is 10.6 Å². The third kappa shape index (κ3) is 4.73. The van der Waals surface area contributed by atoms with Crippen LogP contribution in [0, 0.1) is 0 Å². The minimum atomic E-state index is -0.601. The Hall–Kier alpha value is -3.02. The normalized spacial score (nSPS) is 15.5. The molecule has 0 radical (unpaired) electrons. The van der Waals surface area contributed by atoms with Crippen LogP contribution in [0.15, 0.2) is 54.6 Å². The van der Waals surface area contributed by atoms with Crippen molar-refractivity contribution in [2.75, 3.05) is 18.5 Å². The van der Waals surface area contributed by atoms with E-state index in [1.807, 2.05) is 42.5 Å². The lowest BCUT2D eigenvalue weighted by Gasteiger charge is -2.25. The second-order valence-electron chi connectivity index (χ2n) is 5.64. The van der Waals surface area contributed by atoms with E-state index in [1.165, 1.54) is 0 Å². The lowest BCUT2D eigenvalue weighted by molar-refractivity contribution is -0.125. The lowest BCUT2D eigenvalue weighted by atomic mass is 10.1. The van der Waals surface area contributed by atoms with E-state index in [-0.39, 0.29) is 18.2 Å². The molecule has 2 N–H and O–H groups in total. The van der Waals surface area contributed by atoms with Crippen LogP contribution in [0.5, 0.6) is 11.5 Å². The molecule has 1 aliphatic heterocycles. The van der Waals surface area contributed by atoms with Crippen LogP contribution in [0.2, 0.25) is 0 Å². The topological polar surface area (TPSA) is 76.7 Å². The molecule has 1 aliphatic rings. The fraction of sp³-hybridized carbons (Fsp3) is 0.263. The van der Waals surface area contributed by atoms with Gasteiger partial charge in [0.15, 0.2) is 6.10 Å². The van der Waals surface area contributed by atoms with Gasteiger partial charge in [-0.15, -0.1) is 0 Å². The summed E-state index contributed by atoms with van der Waals surface area (Å²) >= 11 is 0. The first kappa shape index (κ1) is 16.8. The van der Waals surface area contributed by atoms with E-state index in [0.717, 1.165) is 5.75 Å². The number of hydrogen-bond acceptors (Lipinski definition) is 4. The van der Waals surface area contributed by atoms with Gasteiger partial charge in [0.05, 0.1) is 18.7 Å². The van der Waals surface area contributed by atoms with Crippen molar-refractivity contribution in [3.63, 3.8) is 0 Å². The number of ether oxygens (including phenoxy) is 2. The maximum atomic E-state index is 12.0. The highest BCUT2D eigenvalue weighted by molar-refractivity contribution is 5.97. The molecule has 0 saturated carbocycles. The van der Waals surface area contributed by atoms with Gasteiger partial charge < -0.3 is 20.1 Å². The molecule has 3 rings (SSSR count). The Kier molecular flexibility index (Phi) is 5.51. The largest absolute Gasteiger partial charge is 0.493 e. The van der Waals surface area contributed by atoms with Gasteiger partial charge in [0.1, 0.15) is 11.5 Å². The zero-order chi connectivity index (χ0) is 17.5. The van der Waals surface area contributed by atoms with Gasteiger partial charge >= 0.3 is 0 Å². The van der Waals surface area contributed by atoms with E-state index in [1.54, 1.807) is 12.1 Å².